The van der Waals surface area contributed by atoms with Crippen LogP contribution in [0.15, 0.2) is 36.4 Å². The Morgan fingerprint density at radius 2 is 1.59 bits per heavy atom. The molecular formula is C21H27NO5. The second-order valence-corrected chi connectivity index (χ2v) is 6.20. The fourth-order valence-corrected chi connectivity index (χ4v) is 2.70. The van der Waals surface area contributed by atoms with Crippen LogP contribution in [-0.2, 0) is 6.42 Å². The predicted octanol–water partition coefficient (Wildman–Crippen LogP) is 3.47. The first-order valence-corrected chi connectivity index (χ1v) is 8.82. The van der Waals surface area contributed by atoms with Gasteiger partial charge in [0.15, 0.2) is 11.5 Å². The highest BCUT2D eigenvalue weighted by atomic mass is 16.5. The number of benzene rings is 2. The number of carbonyl (C=O) groups is 1. The van der Waals surface area contributed by atoms with Gasteiger partial charge in [-0.2, -0.15) is 0 Å². The highest BCUT2D eigenvalue weighted by Gasteiger charge is 2.20. The fourth-order valence-electron chi connectivity index (χ4n) is 2.70. The van der Waals surface area contributed by atoms with Crippen molar-refractivity contribution >= 4 is 5.91 Å². The molecule has 27 heavy (non-hydrogen) atoms. The molecule has 1 amide bonds. The van der Waals surface area contributed by atoms with Crippen molar-refractivity contribution in [1.82, 2.24) is 5.32 Å². The van der Waals surface area contributed by atoms with Gasteiger partial charge in [0, 0.05) is 6.54 Å². The maximum Gasteiger partial charge on any atom is 0.255 e. The molecule has 0 saturated carbocycles. The lowest BCUT2D eigenvalue weighted by atomic mass is 10.1. The van der Waals surface area contributed by atoms with Crippen molar-refractivity contribution in [2.75, 3.05) is 27.9 Å². The number of hydrogen-bond acceptors (Lipinski definition) is 5. The van der Waals surface area contributed by atoms with Gasteiger partial charge in [-0.1, -0.05) is 12.1 Å². The molecule has 0 aromatic heterocycles. The molecule has 0 aliphatic carbocycles. The van der Waals surface area contributed by atoms with E-state index in [1.165, 1.54) is 21.3 Å². The molecule has 2 aromatic rings. The van der Waals surface area contributed by atoms with E-state index in [0.29, 0.717) is 35.8 Å². The molecule has 0 fully saturated rings. The standard InChI is InChI=1S/C21H27NO5/c1-14(2)27-16-8-6-15(7-9-16)12-13-22-21(23)17-10-11-18(24-3)20(26-5)19(17)25-4/h6-11,14H,12-13H2,1-5H3,(H,22,23). The first-order chi connectivity index (χ1) is 13.0. The molecule has 0 saturated heterocycles. The minimum absolute atomic E-state index is 0.145. The zero-order chi connectivity index (χ0) is 19.8. The summed E-state index contributed by atoms with van der Waals surface area (Å²) in [4.78, 5) is 12.6. The van der Waals surface area contributed by atoms with E-state index < -0.39 is 0 Å². The third kappa shape index (κ3) is 5.29. The van der Waals surface area contributed by atoms with Crippen molar-refractivity contribution in [3.05, 3.63) is 47.5 Å². The summed E-state index contributed by atoms with van der Waals surface area (Å²) in [7, 11) is 4.54. The Kier molecular flexibility index (Phi) is 7.34. The smallest absolute Gasteiger partial charge is 0.255 e. The van der Waals surface area contributed by atoms with Crippen LogP contribution in [0.25, 0.3) is 0 Å². The first-order valence-electron chi connectivity index (χ1n) is 8.82. The molecule has 6 heteroatoms. The number of ether oxygens (including phenoxy) is 4. The van der Waals surface area contributed by atoms with Crippen LogP contribution in [0.2, 0.25) is 0 Å². The monoisotopic (exact) mass is 373 g/mol. The quantitative estimate of drug-likeness (QED) is 0.729. The second-order valence-electron chi connectivity index (χ2n) is 6.20. The molecular weight excluding hydrogens is 346 g/mol. The van der Waals surface area contributed by atoms with E-state index >= 15 is 0 Å². The van der Waals surface area contributed by atoms with E-state index in [0.717, 1.165) is 11.3 Å². The number of carbonyl (C=O) groups excluding carboxylic acids is 1. The second kappa shape index (κ2) is 9.71. The van der Waals surface area contributed by atoms with E-state index in [1.54, 1.807) is 12.1 Å². The number of rotatable bonds is 9. The van der Waals surface area contributed by atoms with Crippen molar-refractivity contribution in [3.8, 4) is 23.0 Å². The third-order valence-corrected chi connectivity index (χ3v) is 3.94. The molecule has 0 heterocycles. The summed E-state index contributed by atoms with van der Waals surface area (Å²) in [5, 5.41) is 2.91. The largest absolute Gasteiger partial charge is 0.493 e. The molecule has 0 atom stereocenters. The minimum Gasteiger partial charge on any atom is -0.493 e. The maximum atomic E-state index is 12.6. The van der Waals surface area contributed by atoms with E-state index in [-0.39, 0.29) is 12.0 Å². The minimum atomic E-state index is -0.229. The lowest BCUT2D eigenvalue weighted by Gasteiger charge is -2.15. The molecule has 146 valence electrons. The molecule has 2 aromatic carbocycles. The average Bonchev–Trinajstić information content (AvgIpc) is 2.67. The maximum absolute atomic E-state index is 12.6. The number of methoxy groups -OCH3 is 3. The Hall–Kier alpha value is -2.89. The van der Waals surface area contributed by atoms with Crippen molar-refractivity contribution in [3.63, 3.8) is 0 Å². The first kappa shape index (κ1) is 20.4. The van der Waals surface area contributed by atoms with Gasteiger partial charge in [-0.3, -0.25) is 4.79 Å². The van der Waals surface area contributed by atoms with E-state index in [9.17, 15) is 4.79 Å². The Bertz CT molecular complexity index is 756. The molecule has 0 aliphatic heterocycles. The molecule has 0 unspecified atom stereocenters. The highest BCUT2D eigenvalue weighted by Crippen LogP contribution is 2.39. The molecule has 0 spiro atoms. The highest BCUT2D eigenvalue weighted by molar-refractivity contribution is 5.98. The van der Waals surface area contributed by atoms with Crippen LogP contribution in [0.3, 0.4) is 0 Å². The fraction of sp³-hybridized carbons (Fsp3) is 0.381. The van der Waals surface area contributed by atoms with Crippen LogP contribution in [0.1, 0.15) is 29.8 Å². The molecule has 0 aliphatic rings. The van der Waals surface area contributed by atoms with E-state index in [1.807, 2.05) is 38.1 Å². The van der Waals surface area contributed by atoms with Crippen LogP contribution < -0.4 is 24.3 Å². The van der Waals surface area contributed by atoms with Crippen LogP contribution >= 0.6 is 0 Å². The van der Waals surface area contributed by atoms with Crippen molar-refractivity contribution < 1.29 is 23.7 Å². The molecule has 0 radical (unpaired) electrons. The zero-order valence-electron chi connectivity index (χ0n) is 16.5. The van der Waals surface area contributed by atoms with Gasteiger partial charge in [-0.25, -0.2) is 0 Å². The van der Waals surface area contributed by atoms with Gasteiger partial charge in [0.2, 0.25) is 5.75 Å². The number of amides is 1. The average molecular weight is 373 g/mol. The van der Waals surface area contributed by atoms with Crippen molar-refractivity contribution in [2.24, 2.45) is 0 Å². The van der Waals surface area contributed by atoms with E-state index in [4.69, 9.17) is 18.9 Å². The summed E-state index contributed by atoms with van der Waals surface area (Å²) in [5.41, 5.74) is 1.52. The van der Waals surface area contributed by atoms with Gasteiger partial charge in [-0.05, 0) is 50.1 Å². The molecule has 1 N–H and O–H groups in total. The summed E-state index contributed by atoms with van der Waals surface area (Å²) in [6.45, 7) is 4.48. The summed E-state index contributed by atoms with van der Waals surface area (Å²) in [5.74, 6) is 1.87. The number of nitrogens with one attached hydrogen (secondary N) is 1. The lowest BCUT2D eigenvalue weighted by molar-refractivity contribution is 0.0950. The zero-order valence-corrected chi connectivity index (χ0v) is 16.5. The van der Waals surface area contributed by atoms with Crippen LogP contribution in [0.4, 0.5) is 0 Å². The van der Waals surface area contributed by atoms with Gasteiger partial charge in [-0.15, -0.1) is 0 Å². The summed E-state index contributed by atoms with van der Waals surface area (Å²) < 4.78 is 21.5. The normalized spacial score (nSPS) is 10.4. The summed E-state index contributed by atoms with van der Waals surface area (Å²) in [6.07, 6.45) is 0.857. The SMILES string of the molecule is COc1ccc(C(=O)NCCc2ccc(OC(C)C)cc2)c(OC)c1OC. The van der Waals surface area contributed by atoms with Gasteiger partial charge < -0.3 is 24.3 Å². The lowest BCUT2D eigenvalue weighted by Crippen LogP contribution is -2.26. The molecule has 6 nitrogen and oxygen atoms in total. The molecule has 2 rings (SSSR count). The van der Waals surface area contributed by atoms with Gasteiger partial charge >= 0.3 is 0 Å². The Morgan fingerprint density at radius 1 is 0.926 bits per heavy atom. The van der Waals surface area contributed by atoms with Crippen molar-refractivity contribution in [1.29, 1.82) is 0 Å². The van der Waals surface area contributed by atoms with E-state index in [2.05, 4.69) is 5.32 Å². The van der Waals surface area contributed by atoms with Gasteiger partial charge in [0.05, 0.1) is 33.0 Å². The van der Waals surface area contributed by atoms with Crippen LogP contribution in [0.5, 0.6) is 23.0 Å². The summed E-state index contributed by atoms with van der Waals surface area (Å²) in [6, 6.07) is 11.2. The topological polar surface area (TPSA) is 66.0 Å². The van der Waals surface area contributed by atoms with Gasteiger partial charge in [0.1, 0.15) is 5.75 Å². The third-order valence-electron chi connectivity index (χ3n) is 3.94. The Labute approximate surface area is 160 Å². The predicted molar refractivity (Wildman–Crippen MR) is 104 cm³/mol. The molecule has 0 bridgehead atoms. The summed E-state index contributed by atoms with van der Waals surface area (Å²) >= 11 is 0. The van der Waals surface area contributed by atoms with Crippen LogP contribution in [0, 0.1) is 0 Å². The number of hydrogen-bond donors (Lipinski definition) is 1. The Morgan fingerprint density at radius 3 is 2.15 bits per heavy atom. The van der Waals surface area contributed by atoms with Crippen LogP contribution in [-0.4, -0.2) is 39.9 Å². The van der Waals surface area contributed by atoms with Gasteiger partial charge in [0.25, 0.3) is 5.91 Å². The van der Waals surface area contributed by atoms with Crippen molar-refractivity contribution in [2.45, 2.75) is 26.4 Å². The Balaban J connectivity index is 1.99.